The molecule has 0 aliphatic carbocycles. The van der Waals surface area contributed by atoms with Crippen LogP contribution in [-0.2, 0) is 11.8 Å². The van der Waals surface area contributed by atoms with Crippen LogP contribution in [-0.4, -0.2) is 73.1 Å². The summed E-state index contributed by atoms with van der Waals surface area (Å²) in [6.45, 7) is 1.66. The molecule has 0 bridgehead atoms. The Balaban J connectivity index is 1.46. The van der Waals surface area contributed by atoms with E-state index in [2.05, 4.69) is 5.10 Å². The van der Waals surface area contributed by atoms with Gasteiger partial charge in [0.25, 0.3) is 11.7 Å². The second-order valence-electron chi connectivity index (χ2n) is 10.8. The molecule has 1 unspecified atom stereocenters. The van der Waals surface area contributed by atoms with Crippen molar-refractivity contribution in [2.24, 2.45) is 13.0 Å². The van der Waals surface area contributed by atoms with Gasteiger partial charge in [0, 0.05) is 61.9 Å². The minimum absolute atomic E-state index is 0.121. The van der Waals surface area contributed by atoms with Crippen LogP contribution in [0.2, 0.25) is 5.02 Å². The molecule has 2 amide bonds. The smallest absolute Gasteiger partial charge is 0.266 e. The second kappa shape index (κ2) is 12.1. The van der Waals surface area contributed by atoms with Gasteiger partial charge in [-0.3, -0.25) is 9.59 Å². The van der Waals surface area contributed by atoms with E-state index < -0.39 is 28.2 Å². The van der Waals surface area contributed by atoms with E-state index in [4.69, 9.17) is 16.3 Å². The molecule has 0 radical (unpaired) electrons. The van der Waals surface area contributed by atoms with Crippen molar-refractivity contribution in [1.82, 2.24) is 19.2 Å². The lowest BCUT2D eigenvalue weighted by molar-refractivity contribution is -0.264. The maximum absolute atomic E-state index is 15.4. The summed E-state index contributed by atoms with van der Waals surface area (Å²) in [5.74, 6) is -0.922. The summed E-state index contributed by atoms with van der Waals surface area (Å²) in [5.41, 5.74) is 0.661. The molecule has 5 rings (SSSR count). The fourth-order valence-corrected chi connectivity index (χ4v) is 6.20. The summed E-state index contributed by atoms with van der Waals surface area (Å²) >= 11 is 6.05. The molecule has 0 spiro atoms. The Morgan fingerprint density at radius 3 is 2.48 bits per heavy atom. The summed E-state index contributed by atoms with van der Waals surface area (Å²) in [6.07, 6.45) is -0.0690. The van der Waals surface area contributed by atoms with E-state index in [1.165, 1.54) is 23.9 Å². The van der Waals surface area contributed by atoms with Crippen LogP contribution in [0.15, 0.2) is 59.4 Å². The Kier molecular flexibility index (Phi) is 8.51. The van der Waals surface area contributed by atoms with Gasteiger partial charge >= 0.3 is 0 Å². The fraction of sp³-hybridized carbons (Fsp3) is 0.400. The highest BCUT2D eigenvalue weighted by Gasteiger charge is 2.43. The van der Waals surface area contributed by atoms with Gasteiger partial charge in [0.05, 0.1) is 26.1 Å². The molecule has 1 aromatic heterocycles. The zero-order chi connectivity index (χ0) is 30.0. The van der Waals surface area contributed by atoms with Gasteiger partial charge in [-0.15, -0.1) is 0 Å². The van der Waals surface area contributed by atoms with Crippen LogP contribution < -0.4 is 24.8 Å². The van der Waals surface area contributed by atoms with Crippen LogP contribution in [0.5, 0.6) is 5.75 Å². The first kappa shape index (κ1) is 29.5. The van der Waals surface area contributed by atoms with E-state index in [0.29, 0.717) is 60.3 Å². The molecule has 42 heavy (non-hydrogen) atoms. The van der Waals surface area contributed by atoms with Gasteiger partial charge in [0.15, 0.2) is 0 Å². The summed E-state index contributed by atoms with van der Waals surface area (Å²) in [6, 6.07) is 14.3. The summed E-state index contributed by atoms with van der Waals surface area (Å²) in [4.78, 5) is 42.3. The molecule has 0 N–H and O–H groups in total. The third kappa shape index (κ3) is 5.71. The van der Waals surface area contributed by atoms with E-state index in [1.54, 1.807) is 54.4 Å². The number of carbonyl (C=O) groups excluding carboxylic acids is 2. The van der Waals surface area contributed by atoms with Gasteiger partial charge in [-0.2, -0.15) is 5.10 Å². The van der Waals surface area contributed by atoms with Crippen molar-refractivity contribution in [3.05, 3.63) is 81.4 Å². The van der Waals surface area contributed by atoms with Gasteiger partial charge < -0.3 is 24.4 Å². The number of carboxylic acid groups (broad SMARTS) is 1. The molecule has 2 saturated heterocycles. The molecular formula is C30H33ClFN5O5. The average Bonchev–Trinajstić information content (AvgIpc) is 3.40. The first-order chi connectivity index (χ1) is 20.1. The molecule has 3 heterocycles. The molecule has 0 saturated carbocycles. The van der Waals surface area contributed by atoms with Crippen molar-refractivity contribution in [1.29, 1.82) is 0 Å². The Morgan fingerprint density at radius 1 is 1.05 bits per heavy atom. The number of ether oxygens (including phenoxy) is 1. The van der Waals surface area contributed by atoms with E-state index in [9.17, 15) is 19.5 Å². The highest BCUT2D eigenvalue weighted by atomic mass is 35.5. The van der Waals surface area contributed by atoms with E-state index >= 15 is 4.39 Å². The number of anilines is 1. The van der Waals surface area contributed by atoms with Crippen molar-refractivity contribution in [2.45, 2.75) is 18.8 Å². The molecule has 3 atom stereocenters. The average molecular weight is 598 g/mol. The predicted octanol–water partition coefficient (Wildman–Crippen LogP) is 2.77. The topological polar surface area (TPSA) is 108 Å². The Morgan fingerprint density at radius 2 is 1.81 bits per heavy atom. The SMILES string of the molecule is COc1ccc([C@@H]2CN(c3ccc(=O)n(C)n3)C[C@H]2C(=O)N2CCCC[N+](C(=O)[O-])(c3ccc(Cl)cc3)CC2)c(F)c1. The van der Waals surface area contributed by atoms with Crippen molar-refractivity contribution in [2.75, 3.05) is 51.3 Å². The Bertz CT molecular complexity index is 1530. The lowest BCUT2D eigenvalue weighted by Gasteiger charge is -2.41. The molecule has 10 nitrogen and oxygen atoms in total. The molecular weight excluding hydrogens is 565 g/mol. The van der Waals surface area contributed by atoms with Crippen LogP contribution in [0.25, 0.3) is 0 Å². The highest BCUT2D eigenvalue weighted by molar-refractivity contribution is 6.30. The van der Waals surface area contributed by atoms with Gasteiger partial charge in [-0.05, 0) is 42.7 Å². The van der Waals surface area contributed by atoms with Gasteiger partial charge in [0.2, 0.25) is 5.91 Å². The van der Waals surface area contributed by atoms with Crippen LogP contribution in [0.4, 0.5) is 20.7 Å². The van der Waals surface area contributed by atoms with Crippen molar-refractivity contribution < 1.29 is 23.8 Å². The number of hydrogen-bond donors (Lipinski definition) is 0. The number of hydrogen-bond acceptors (Lipinski definition) is 7. The molecule has 2 fully saturated rings. The molecule has 3 aromatic rings. The monoisotopic (exact) mass is 597 g/mol. The maximum Gasteiger partial charge on any atom is 0.266 e. The standard InChI is InChI=1S/C30H33ClFN5O5/c1-34-28(38)12-11-27(33-34)36-18-24(23-10-9-22(42-2)17-26(23)32)25(19-36)29(39)35-13-3-4-15-37(16-14-35,30(40)41)21-7-5-20(31)6-8-21/h5-12,17,24-25H,3-4,13-16,18-19H2,1-2H3/t24-,25+,37?/m0/s1. The van der Waals surface area contributed by atoms with Crippen molar-refractivity contribution >= 4 is 35.1 Å². The Labute approximate surface area is 248 Å². The largest absolute Gasteiger partial charge is 0.498 e. The molecule has 12 heteroatoms. The number of benzene rings is 2. The lowest BCUT2D eigenvalue weighted by atomic mass is 9.87. The summed E-state index contributed by atoms with van der Waals surface area (Å²) in [7, 11) is 3.01. The number of aromatic nitrogens is 2. The van der Waals surface area contributed by atoms with E-state index in [1.807, 2.05) is 4.90 Å². The number of amides is 2. The second-order valence-corrected chi connectivity index (χ2v) is 11.3. The summed E-state index contributed by atoms with van der Waals surface area (Å²) in [5, 5.41) is 17.4. The number of methoxy groups -OCH3 is 1. The van der Waals surface area contributed by atoms with Gasteiger partial charge in [0.1, 0.15) is 29.6 Å². The minimum atomic E-state index is -1.24. The van der Waals surface area contributed by atoms with Crippen LogP contribution >= 0.6 is 11.6 Å². The zero-order valence-electron chi connectivity index (χ0n) is 23.5. The predicted molar refractivity (Wildman–Crippen MR) is 155 cm³/mol. The third-order valence-corrected chi connectivity index (χ3v) is 8.72. The van der Waals surface area contributed by atoms with Crippen LogP contribution in [0, 0.1) is 11.7 Å². The quantitative estimate of drug-likeness (QED) is 0.416. The fourth-order valence-electron chi connectivity index (χ4n) is 6.08. The highest BCUT2D eigenvalue weighted by Crippen LogP contribution is 2.38. The number of quaternary nitrogens is 1. The van der Waals surface area contributed by atoms with Crippen LogP contribution in [0.1, 0.15) is 24.3 Å². The number of aryl methyl sites for hydroxylation is 1. The van der Waals surface area contributed by atoms with E-state index in [0.717, 1.165) is 0 Å². The zero-order valence-corrected chi connectivity index (χ0v) is 24.3. The third-order valence-electron chi connectivity index (χ3n) is 8.47. The lowest BCUT2D eigenvalue weighted by Crippen LogP contribution is -2.64. The normalized spacial score (nSPS) is 22.9. The van der Waals surface area contributed by atoms with Gasteiger partial charge in [-0.25, -0.2) is 13.6 Å². The number of halogens is 2. The van der Waals surface area contributed by atoms with Crippen LogP contribution in [0.3, 0.4) is 0 Å². The molecule has 222 valence electrons. The molecule has 2 aliphatic rings. The molecule has 2 aliphatic heterocycles. The summed E-state index contributed by atoms with van der Waals surface area (Å²) < 4.78 is 21.3. The maximum atomic E-state index is 15.4. The Hall–Kier alpha value is -3.96. The molecule has 2 aromatic carbocycles. The first-order valence-corrected chi connectivity index (χ1v) is 14.3. The number of nitrogens with zero attached hydrogens (tertiary/aromatic N) is 5. The number of carbonyl (C=O) groups is 2. The van der Waals surface area contributed by atoms with Gasteiger partial charge in [-0.1, -0.05) is 17.7 Å². The van der Waals surface area contributed by atoms with Crippen molar-refractivity contribution in [3.63, 3.8) is 0 Å². The van der Waals surface area contributed by atoms with Crippen molar-refractivity contribution in [3.8, 4) is 5.75 Å². The number of rotatable bonds is 5. The minimum Gasteiger partial charge on any atom is -0.498 e. The van der Waals surface area contributed by atoms with E-state index in [-0.39, 0.29) is 31.1 Å². The first-order valence-electron chi connectivity index (χ1n) is 13.9.